The van der Waals surface area contributed by atoms with Crippen molar-refractivity contribution in [2.24, 2.45) is 0 Å². The Morgan fingerprint density at radius 2 is 2.21 bits per heavy atom. The number of pyridine rings is 1. The number of ketones is 1. The van der Waals surface area contributed by atoms with Crippen LogP contribution in [0.15, 0.2) is 29.1 Å². The predicted molar refractivity (Wildman–Crippen MR) is 102 cm³/mol. The normalized spacial score (nSPS) is 16.0. The van der Waals surface area contributed by atoms with Crippen LogP contribution in [-0.2, 0) is 11.3 Å². The van der Waals surface area contributed by atoms with Gasteiger partial charge in [-0.25, -0.2) is 0 Å². The Bertz CT molecular complexity index is 1000. The molecule has 1 N–H and O–H groups in total. The summed E-state index contributed by atoms with van der Waals surface area (Å²) in [7, 11) is 0. The first kappa shape index (κ1) is 19.9. The lowest BCUT2D eigenvalue weighted by molar-refractivity contribution is 0.0894. The van der Waals surface area contributed by atoms with Gasteiger partial charge in [-0.15, -0.1) is 0 Å². The highest BCUT2D eigenvalue weighted by Crippen LogP contribution is 2.26. The second-order valence-corrected chi connectivity index (χ2v) is 6.91. The van der Waals surface area contributed by atoms with Gasteiger partial charge in [0.25, 0.3) is 5.56 Å². The van der Waals surface area contributed by atoms with Gasteiger partial charge in [0, 0.05) is 6.61 Å². The fraction of sp³-hybridized carbons (Fsp3) is 0.350. The summed E-state index contributed by atoms with van der Waals surface area (Å²) in [5.41, 5.74) is -0.809. The topological polar surface area (TPSA) is 102 Å². The van der Waals surface area contributed by atoms with E-state index < -0.39 is 23.8 Å². The van der Waals surface area contributed by atoms with Gasteiger partial charge in [0.15, 0.2) is 6.61 Å². The predicted octanol–water partition coefficient (Wildman–Crippen LogP) is 2.83. The van der Waals surface area contributed by atoms with E-state index in [1.807, 2.05) is 6.07 Å². The molecule has 2 heterocycles. The Morgan fingerprint density at radius 1 is 1.46 bits per heavy atom. The third kappa shape index (κ3) is 3.88. The molecule has 3 rings (SSSR count). The van der Waals surface area contributed by atoms with Gasteiger partial charge < -0.3 is 14.6 Å². The van der Waals surface area contributed by atoms with Crippen LogP contribution in [0.5, 0.6) is 11.6 Å². The third-order valence-corrected chi connectivity index (χ3v) is 5.00. The first-order valence-electron chi connectivity index (χ1n) is 8.82. The summed E-state index contributed by atoms with van der Waals surface area (Å²) >= 11 is 6.02. The van der Waals surface area contributed by atoms with Crippen LogP contribution in [-0.4, -0.2) is 34.8 Å². The summed E-state index contributed by atoms with van der Waals surface area (Å²) in [4.78, 5) is 25.3. The van der Waals surface area contributed by atoms with Gasteiger partial charge in [-0.3, -0.25) is 14.2 Å². The molecule has 1 atom stereocenters. The SMILES string of the molecule is Cc1c(C(=O)COc2ccccc2Cl)c(O)n(CC2CCCO2)c(=O)c1C#N. The molecule has 1 saturated heterocycles. The second kappa shape index (κ2) is 8.46. The summed E-state index contributed by atoms with van der Waals surface area (Å²) in [5, 5.41) is 20.4. The molecule has 0 radical (unpaired) electrons. The fourth-order valence-corrected chi connectivity index (χ4v) is 3.41. The fourth-order valence-electron chi connectivity index (χ4n) is 3.22. The highest BCUT2D eigenvalue weighted by atomic mass is 35.5. The number of carbonyl (C=O) groups excluding carboxylic acids is 1. The molecule has 8 heteroatoms. The molecule has 1 aliphatic rings. The van der Waals surface area contributed by atoms with Crippen molar-refractivity contribution in [2.45, 2.75) is 32.4 Å². The van der Waals surface area contributed by atoms with E-state index >= 15 is 0 Å². The lowest BCUT2D eigenvalue weighted by atomic mass is 10.0. The van der Waals surface area contributed by atoms with Crippen LogP contribution in [0.3, 0.4) is 0 Å². The monoisotopic (exact) mass is 402 g/mol. The number of benzene rings is 1. The molecule has 1 fully saturated rings. The maximum atomic E-state index is 12.8. The van der Waals surface area contributed by atoms with E-state index in [0.29, 0.717) is 17.4 Å². The summed E-state index contributed by atoms with van der Waals surface area (Å²) in [6.07, 6.45) is 1.34. The van der Waals surface area contributed by atoms with Crippen LogP contribution in [0, 0.1) is 18.3 Å². The van der Waals surface area contributed by atoms with E-state index in [4.69, 9.17) is 21.1 Å². The van der Waals surface area contributed by atoms with Gasteiger partial charge in [0.05, 0.1) is 23.2 Å². The van der Waals surface area contributed by atoms with Crippen molar-refractivity contribution >= 4 is 17.4 Å². The zero-order valence-corrected chi connectivity index (χ0v) is 16.0. The maximum Gasteiger partial charge on any atom is 0.271 e. The quantitative estimate of drug-likeness (QED) is 0.745. The number of rotatable bonds is 6. The molecule has 0 bridgehead atoms. The zero-order valence-electron chi connectivity index (χ0n) is 15.3. The number of hydrogen-bond acceptors (Lipinski definition) is 6. The molecular weight excluding hydrogens is 384 g/mol. The van der Waals surface area contributed by atoms with Crippen LogP contribution in [0.2, 0.25) is 5.02 Å². The average molecular weight is 403 g/mol. The van der Waals surface area contributed by atoms with E-state index in [2.05, 4.69) is 0 Å². The van der Waals surface area contributed by atoms with Gasteiger partial charge in [0.1, 0.15) is 17.4 Å². The summed E-state index contributed by atoms with van der Waals surface area (Å²) < 4.78 is 12.0. The van der Waals surface area contributed by atoms with Gasteiger partial charge in [-0.1, -0.05) is 23.7 Å². The van der Waals surface area contributed by atoms with E-state index in [1.54, 1.807) is 24.3 Å². The Hall–Kier alpha value is -2.82. The molecule has 0 aliphatic carbocycles. The number of aromatic nitrogens is 1. The lowest BCUT2D eigenvalue weighted by Gasteiger charge is -2.18. The summed E-state index contributed by atoms with van der Waals surface area (Å²) in [6.45, 7) is 1.71. The number of hydrogen-bond donors (Lipinski definition) is 1. The smallest absolute Gasteiger partial charge is 0.271 e. The number of nitrogens with zero attached hydrogens (tertiary/aromatic N) is 2. The van der Waals surface area contributed by atoms with Gasteiger partial charge in [0.2, 0.25) is 11.7 Å². The van der Waals surface area contributed by atoms with Crippen LogP contribution in [0.1, 0.15) is 34.3 Å². The minimum absolute atomic E-state index is 0.0747. The number of Topliss-reactive ketones (excluding diaryl/α,β-unsaturated/α-hetero) is 1. The van der Waals surface area contributed by atoms with Crippen molar-refractivity contribution in [3.63, 3.8) is 0 Å². The van der Waals surface area contributed by atoms with Gasteiger partial charge in [-0.2, -0.15) is 5.26 Å². The largest absolute Gasteiger partial charge is 0.494 e. The molecule has 1 aromatic heterocycles. The summed E-state index contributed by atoms with van der Waals surface area (Å²) in [5.74, 6) is -0.722. The molecule has 1 aliphatic heterocycles. The van der Waals surface area contributed by atoms with Crippen LogP contribution >= 0.6 is 11.6 Å². The molecule has 2 aromatic rings. The minimum Gasteiger partial charge on any atom is -0.494 e. The molecule has 7 nitrogen and oxygen atoms in total. The summed E-state index contributed by atoms with van der Waals surface area (Å²) in [6, 6.07) is 8.51. The van der Waals surface area contributed by atoms with E-state index in [-0.39, 0.29) is 29.3 Å². The zero-order chi connectivity index (χ0) is 20.3. The molecule has 28 heavy (non-hydrogen) atoms. The van der Waals surface area contributed by atoms with E-state index in [9.17, 15) is 20.0 Å². The van der Waals surface area contributed by atoms with Crippen molar-refractivity contribution in [3.8, 4) is 17.7 Å². The number of aromatic hydroxyl groups is 1. The van der Waals surface area contributed by atoms with Crippen LogP contribution in [0.4, 0.5) is 0 Å². The maximum absolute atomic E-state index is 12.8. The number of ether oxygens (including phenoxy) is 2. The molecule has 1 unspecified atom stereocenters. The average Bonchev–Trinajstić information content (AvgIpc) is 3.18. The molecule has 0 spiro atoms. The van der Waals surface area contributed by atoms with Crippen LogP contribution in [0.25, 0.3) is 0 Å². The van der Waals surface area contributed by atoms with Crippen molar-refractivity contribution in [1.29, 1.82) is 5.26 Å². The van der Waals surface area contributed by atoms with E-state index in [1.165, 1.54) is 6.92 Å². The molecule has 1 aromatic carbocycles. The van der Waals surface area contributed by atoms with Crippen molar-refractivity contribution < 1.29 is 19.4 Å². The highest BCUT2D eigenvalue weighted by molar-refractivity contribution is 6.32. The number of carbonyl (C=O) groups is 1. The Morgan fingerprint density at radius 3 is 2.86 bits per heavy atom. The van der Waals surface area contributed by atoms with Crippen molar-refractivity contribution in [1.82, 2.24) is 4.57 Å². The molecular formula is C20H19ClN2O5. The van der Waals surface area contributed by atoms with Crippen LogP contribution < -0.4 is 10.3 Å². The lowest BCUT2D eigenvalue weighted by Crippen LogP contribution is -2.31. The molecule has 146 valence electrons. The first-order valence-corrected chi connectivity index (χ1v) is 9.20. The Balaban J connectivity index is 1.94. The van der Waals surface area contributed by atoms with Crippen molar-refractivity contribution in [3.05, 3.63) is 56.3 Å². The standard InChI is InChI=1S/C20H19ClN2O5/c1-12-14(9-22)19(25)23(10-13-5-4-8-27-13)20(26)18(12)16(24)11-28-17-7-3-2-6-15(17)21/h2-3,6-7,13,26H,4-5,8,10-11H2,1H3. The van der Waals surface area contributed by atoms with Crippen molar-refractivity contribution in [2.75, 3.05) is 13.2 Å². The minimum atomic E-state index is -0.642. The van der Waals surface area contributed by atoms with E-state index in [0.717, 1.165) is 17.4 Å². The second-order valence-electron chi connectivity index (χ2n) is 6.50. The Kier molecular flexibility index (Phi) is 6.02. The Labute approximate surface area is 166 Å². The highest BCUT2D eigenvalue weighted by Gasteiger charge is 2.26. The number of nitriles is 1. The third-order valence-electron chi connectivity index (χ3n) is 4.68. The number of halogens is 1. The molecule has 0 saturated carbocycles. The number of para-hydroxylation sites is 1. The molecule has 0 amide bonds. The van der Waals surface area contributed by atoms with Gasteiger partial charge in [-0.05, 0) is 37.5 Å². The van der Waals surface area contributed by atoms with Gasteiger partial charge >= 0.3 is 0 Å². The first-order chi connectivity index (χ1) is 13.4.